The first kappa shape index (κ1) is 12.4. The highest BCUT2D eigenvalue weighted by Crippen LogP contribution is 2.25. The fraction of sp³-hybridized carbons (Fsp3) is 0.500. The average molecular weight is 298 g/mol. The Morgan fingerprint density at radius 3 is 2.53 bits per heavy atom. The summed E-state index contributed by atoms with van der Waals surface area (Å²) >= 11 is 3.54. The van der Waals surface area contributed by atoms with E-state index in [0.29, 0.717) is 0 Å². The first-order valence-electron chi connectivity index (χ1n) is 5.70. The van der Waals surface area contributed by atoms with Gasteiger partial charge in [0.25, 0.3) is 0 Å². The van der Waals surface area contributed by atoms with Crippen LogP contribution in [0.3, 0.4) is 0 Å². The van der Waals surface area contributed by atoms with E-state index in [1.54, 1.807) is 6.92 Å². The van der Waals surface area contributed by atoms with Crippen molar-refractivity contribution in [3.8, 4) is 0 Å². The molecule has 0 N–H and O–H groups in total. The number of carbonyl (C=O) groups is 1. The molecule has 1 aliphatic heterocycles. The number of amides is 1. The van der Waals surface area contributed by atoms with Crippen molar-refractivity contribution in [1.82, 2.24) is 9.88 Å². The second-order valence-corrected chi connectivity index (χ2v) is 5.17. The van der Waals surface area contributed by atoms with Crippen molar-refractivity contribution in [2.24, 2.45) is 0 Å². The summed E-state index contributed by atoms with van der Waals surface area (Å²) in [5.74, 6) is 1.12. The van der Waals surface area contributed by atoms with E-state index in [4.69, 9.17) is 0 Å². The third-order valence-corrected chi connectivity index (χ3v) is 3.57. The lowest BCUT2D eigenvalue weighted by atomic mass is 10.2. The third kappa shape index (κ3) is 2.77. The molecule has 17 heavy (non-hydrogen) atoms. The number of halogens is 1. The molecule has 0 spiro atoms. The minimum Gasteiger partial charge on any atom is -0.352 e. The van der Waals surface area contributed by atoms with Crippen LogP contribution in [0.15, 0.2) is 16.7 Å². The van der Waals surface area contributed by atoms with Gasteiger partial charge in [-0.05, 0) is 34.5 Å². The van der Waals surface area contributed by atoms with Gasteiger partial charge >= 0.3 is 0 Å². The summed E-state index contributed by atoms with van der Waals surface area (Å²) in [6.07, 6.45) is 1.87. The van der Waals surface area contributed by atoms with Crippen LogP contribution in [0.1, 0.15) is 12.5 Å². The molecule has 0 saturated carbocycles. The standard InChI is InChI=1S/C12H16BrN3O/c1-9-7-11(13)12(14-8-9)16-5-3-15(4-6-16)10(2)17/h7-8H,3-6H2,1-2H3. The van der Waals surface area contributed by atoms with Gasteiger partial charge in [-0.2, -0.15) is 0 Å². The summed E-state index contributed by atoms with van der Waals surface area (Å²) in [6, 6.07) is 2.07. The van der Waals surface area contributed by atoms with Crippen LogP contribution in [0.4, 0.5) is 5.82 Å². The van der Waals surface area contributed by atoms with Gasteiger partial charge in [0.15, 0.2) is 0 Å². The molecule has 1 amide bonds. The zero-order valence-corrected chi connectivity index (χ0v) is 11.7. The fourth-order valence-electron chi connectivity index (χ4n) is 1.99. The van der Waals surface area contributed by atoms with E-state index in [2.05, 4.69) is 31.9 Å². The number of hydrogen-bond acceptors (Lipinski definition) is 3. The van der Waals surface area contributed by atoms with Gasteiger partial charge in [-0.25, -0.2) is 4.98 Å². The Hall–Kier alpha value is -1.10. The molecule has 1 aromatic rings. The highest BCUT2D eigenvalue weighted by molar-refractivity contribution is 9.10. The highest BCUT2D eigenvalue weighted by atomic mass is 79.9. The molecule has 5 heteroatoms. The van der Waals surface area contributed by atoms with Crippen molar-refractivity contribution in [3.63, 3.8) is 0 Å². The number of piperazine rings is 1. The van der Waals surface area contributed by atoms with Crippen molar-refractivity contribution in [1.29, 1.82) is 0 Å². The van der Waals surface area contributed by atoms with Crippen molar-refractivity contribution in [2.45, 2.75) is 13.8 Å². The second kappa shape index (κ2) is 5.04. The van der Waals surface area contributed by atoms with Crippen LogP contribution >= 0.6 is 15.9 Å². The third-order valence-electron chi connectivity index (χ3n) is 2.98. The van der Waals surface area contributed by atoms with E-state index in [1.807, 2.05) is 18.0 Å². The minimum atomic E-state index is 0.153. The fourth-order valence-corrected chi connectivity index (χ4v) is 2.71. The summed E-state index contributed by atoms with van der Waals surface area (Å²) in [5, 5.41) is 0. The Bertz CT molecular complexity index is 428. The van der Waals surface area contributed by atoms with Crippen molar-refractivity contribution in [3.05, 3.63) is 22.3 Å². The first-order valence-corrected chi connectivity index (χ1v) is 6.50. The number of pyridine rings is 1. The summed E-state index contributed by atoms with van der Waals surface area (Å²) in [7, 11) is 0. The molecule has 0 radical (unpaired) electrons. The predicted molar refractivity (Wildman–Crippen MR) is 71.1 cm³/mol. The topological polar surface area (TPSA) is 36.4 Å². The molecule has 1 aromatic heterocycles. The summed E-state index contributed by atoms with van der Waals surface area (Å²) in [6.45, 7) is 6.88. The van der Waals surface area contributed by atoms with E-state index in [1.165, 1.54) is 0 Å². The Labute approximate surface area is 110 Å². The van der Waals surface area contributed by atoms with Gasteiger partial charge in [0, 0.05) is 39.3 Å². The number of rotatable bonds is 1. The number of carbonyl (C=O) groups excluding carboxylic acids is 1. The van der Waals surface area contributed by atoms with Gasteiger partial charge in [0.2, 0.25) is 5.91 Å². The van der Waals surface area contributed by atoms with Gasteiger partial charge < -0.3 is 9.80 Å². The minimum absolute atomic E-state index is 0.153. The zero-order chi connectivity index (χ0) is 12.4. The Balaban J connectivity index is 2.08. The molecular weight excluding hydrogens is 282 g/mol. The molecule has 0 bridgehead atoms. The van der Waals surface area contributed by atoms with Crippen LogP contribution in [0, 0.1) is 6.92 Å². The zero-order valence-electron chi connectivity index (χ0n) is 10.1. The molecule has 2 rings (SSSR count). The van der Waals surface area contributed by atoms with Crippen LogP contribution in [0.5, 0.6) is 0 Å². The van der Waals surface area contributed by atoms with Gasteiger partial charge in [0.05, 0.1) is 4.47 Å². The van der Waals surface area contributed by atoms with E-state index in [0.717, 1.165) is 42.0 Å². The van der Waals surface area contributed by atoms with E-state index in [-0.39, 0.29) is 5.91 Å². The molecule has 2 heterocycles. The van der Waals surface area contributed by atoms with Crippen LogP contribution in [0.2, 0.25) is 0 Å². The Morgan fingerprint density at radius 1 is 1.35 bits per heavy atom. The highest BCUT2D eigenvalue weighted by Gasteiger charge is 2.20. The monoisotopic (exact) mass is 297 g/mol. The maximum Gasteiger partial charge on any atom is 0.219 e. The Kier molecular flexibility index (Phi) is 3.66. The normalized spacial score (nSPS) is 16.2. The van der Waals surface area contributed by atoms with Crippen molar-refractivity contribution < 1.29 is 4.79 Å². The van der Waals surface area contributed by atoms with Gasteiger partial charge in [0.1, 0.15) is 5.82 Å². The average Bonchev–Trinajstić information content (AvgIpc) is 2.29. The summed E-state index contributed by atoms with van der Waals surface area (Å²) < 4.78 is 1.02. The van der Waals surface area contributed by atoms with Gasteiger partial charge in [-0.1, -0.05) is 0 Å². The number of aromatic nitrogens is 1. The van der Waals surface area contributed by atoms with E-state index >= 15 is 0 Å². The molecular formula is C12H16BrN3O. The van der Waals surface area contributed by atoms with Crippen molar-refractivity contribution >= 4 is 27.7 Å². The molecule has 0 aromatic carbocycles. The Morgan fingerprint density at radius 2 is 2.00 bits per heavy atom. The molecule has 0 unspecified atom stereocenters. The SMILES string of the molecule is CC(=O)N1CCN(c2ncc(C)cc2Br)CC1. The van der Waals surface area contributed by atoms with Crippen molar-refractivity contribution in [2.75, 3.05) is 31.1 Å². The maximum absolute atomic E-state index is 11.2. The van der Waals surface area contributed by atoms with Gasteiger partial charge in [-0.15, -0.1) is 0 Å². The molecule has 1 fully saturated rings. The second-order valence-electron chi connectivity index (χ2n) is 4.31. The molecule has 92 valence electrons. The maximum atomic E-state index is 11.2. The van der Waals surface area contributed by atoms with Crippen LogP contribution in [-0.4, -0.2) is 42.0 Å². The van der Waals surface area contributed by atoms with Crippen LogP contribution < -0.4 is 4.90 Å². The number of anilines is 1. The smallest absolute Gasteiger partial charge is 0.219 e. The molecule has 0 aliphatic carbocycles. The predicted octanol–water partition coefficient (Wildman–Crippen LogP) is 1.82. The number of aryl methyl sites for hydroxylation is 1. The first-order chi connectivity index (χ1) is 8.08. The van der Waals surface area contributed by atoms with E-state index in [9.17, 15) is 4.79 Å². The molecule has 4 nitrogen and oxygen atoms in total. The van der Waals surface area contributed by atoms with Crippen LogP contribution in [0.25, 0.3) is 0 Å². The lowest BCUT2D eigenvalue weighted by Gasteiger charge is -2.35. The molecule has 1 saturated heterocycles. The lowest BCUT2D eigenvalue weighted by molar-refractivity contribution is -0.129. The lowest BCUT2D eigenvalue weighted by Crippen LogP contribution is -2.48. The van der Waals surface area contributed by atoms with Crippen LogP contribution in [-0.2, 0) is 4.79 Å². The summed E-state index contributed by atoms with van der Waals surface area (Å²) in [4.78, 5) is 19.8. The molecule has 0 atom stereocenters. The van der Waals surface area contributed by atoms with Gasteiger partial charge in [-0.3, -0.25) is 4.79 Å². The number of nitrogens with zero attached hydrogens (tertiary/aromatic N) is 3. The number of hydrogen-bond donors (Lipinski definition) is 0. The summed E-state index contributed by atoms with van der Waals surface area (Å²) in [5.41, 5.74) is 1.14. The molecule has 1 aliphatic rings. The van der Waals surface area contributed by atoms with E-state index < -0.39 is 0 Å². The quantitative estimate of drug-likeness (QED) is 0.793. The largest absolute Gasteiger partial charge is 0.352 e.